The number of benzene rings is 2. The van der Waals surface area contributed by atoms with E-state index in [9.17, 15) is 4.79 Å². The lowest BCUT2D eigenvalue weighted by Crippen LogP contribution is -2.21. The lowest BCUT2D eigenvalue weighted by Gasteiger charge is -2.14. The van der Waals surface area contributed by atoms with Crippen LogP contribution in [-0.4, -0.2) is 30.2 Å². The first-order valence-corrected chi connectivity index (χ1v) is 12.7. The topological polar surface area (TPSA) is 77.6 Å². The zero-order chi connectivity index (χ0) is 25.7. The van der Waals surface area contributed by atoms with Gasteiger partial charge in [-0.15, -0.1) is 0 Å². The number of aryl methyl sites for hydroxylation is 2. The number of nitrogens with zero attached hydrogens (tertiary/aromatic N) is 5. The second-order valence-electron chi connectivity index (χ2n) is 10.8. The van der Waals surface area contributed by atoms with E-state index >= 15 is 0 Å². The first kappa shape index (κ1) is 23.2. The molecule has 7 heteroatoms. The molecule has 3 aromatic heterocycles. The van der Waals surface area contributed by atoms with Gasteiger partial charge in [-0.2, -0.15) is 5.10 Å². The fourth-order valence-electron chi connectivity index (χ4n) is 5.00. The van der Waals surface area contributed by atoms with Crippen LogP contribution in [0.4, 0.5) is 5.82 Å². The van der Waals surface area contributed by atoms with Crippen LogP contribution in [0.3, 0.4) is 0 Å². The Hall–Kier alpha value is -4.26. The van der Waals surface area contributed by atoms with Crippen molar-refractivity contribution in [1.82, 2.24) is 24.3 Å². The van der Waals surface area contributed by atoms with Crippen molar-refractivity contribution < 1.29 is 4.79 Å². The first-order valence-electron chi connectivity index (χ1n) is 12.7. The molecular formula is C30H30N6O. The highest BCUT2D eigenvalue weighted by atomic mass is 16.2. The van der Waals surface area contributed by atoms with Crippen LogP contribution in [0.25, 0.3) is 22.5 Å². The first-order chi connectivity index (χ1) is 17.8. The Kier molecular flexibility index (Phi) is 5.44. The van der Waals surface area contributed by atoms with Crippen LogP contribution >= 0.6 is 0 Å². The van der Waals surface area contributed by atoms with Crippen molar-refractivity contribution in [2.45, 2.75) is 51.9 Å². The number of carbonyl (C=O) groups excluding carboxylic acids is 1. The molecule has 2 aromatic carbocycles. The summed E-state index contributed by atoms with van der Waals surface area (Å²) in [6.07, 6.45) is 5.21. The van der Waals surface area contributed by atoms with Gasteiger partial charge in [-0.25, -0.2) is 14.6 Å². The van der Waals surface area contributed by atoms with Crippen LogP contribution in [0.5, 0.6) is 0 Å². The van der Waals surface area contributed by atoms with Gasteiger partial charge in [-0.05, 0) is 67.3 Å². The van der Waals surface area contributed by atoms with Crippen molar-refractivity contribution >= 4 is 22.9 Å². The molecule has 1 aliphatic rings. The summed E-state index contributed by atoms with van der Waals surface area (Å²) < 4.78 is 3.84. The third-order valence-electron chi connectivity index (χ3n) is 7.11. The minimum Gasteiger partial charge on any atom is -0.310 e. The predicted molar refractivity (Wildman–Crippen MR) is 146 cm³/mol. The summed E-state index contributed by atoms with van der Waals surface area (Å²) in [6.45, 7) is 8.45. The van der Waals surface area contributed by atoms with Crippen molar-refractivity contribution in [3.8, 4) is 11.4 Å². The molecule has 6 rings (SSSR count). The molecule has 186 valence electrons. The van der Waals surface area contributed by atoms with Gasteiger partial charge in [0, 0.05) is 23.4 Å². The highest BCUT2D eigenvalue weighted by Crippen LogP contribution is 2.36. The highest BCUT2D eigenvalue weighted by Gasteiger charge is 2.30. The van der Waals surface area contributed by atoms with Gasteiger partial charge in [0.15, 0.2) is 5.65 Å². The van der Waals surface area contributed by atoms with E-state index in [0.29, 0.717) is 5.82 Å². The van der Waals surface area contributed by atoms with Crippen molar-refractivity contribution in [2.24, 2.45) is 0 Å². The molecule has 3 heterocycles. The second kappa shape index (κ2) is 8.69. The number of anilines is 1. The maximum atomic E-state index is 13.6. The molecule has 5 aromatic rings. The molecule has 0 radical (unpaired) electrons. The van der Waals surface area contributed by atoms with Gasteiger partial charge < -0.3 is 5.32 Å². The Bertz CT molecular complexity index is 1620. The average Bonchev–Trinajstić information content (AvgIpc) is 3.60. The number of amides is 1. The number of imidazole rings is 1. The lowest BCUT2D eigenvalue weighted by atomic mass is 9.92. The van der Waals surface area contributed by atoms with Crippen LogP contribution in [0, 0.1) is 6.92 Å². The Morgan fingerprint density at radius 1 is 1.00 bits per heavy atom. The molecule has 0 aliphatic heterocycles. The zero-order valence-electron chi connectivity index (χ0n) is 21.6. The summed E-state index contributed by atoms with van der Waals surface area (Å²) in [6, 6.07) is 20.3. The third kappa shape index (κ3) is 4.20. The maximum absolute atomic E-state index is 13.6. The molecule has 0 fully saturated rings. The van der Waals surface area contributed by atoms with E-state index in [2.05, 4.69) is 73.3 Å². The number of carbonyl (C=O) groups is 1. The fraction of sp³-hybridized carbons (Fsp3) is 0.267. The summed E-state index contributed by atoms with van der Waals surface area (Å²) >= 11 is 0. The summed E-state index contributed by atoms with van der Waals surface area (Å²) in [5, 5.41) is 8.06. The van der Waals surface area contributed by atoms with Crippen molar-refractivity contribution in [3.05, 3.63) is 95.6 Å². The van der Waals surface area contributed by atoms with E-state index in [1.807, 2.05) is 39.6 Å². The molecule has 0 bridgehead atoms. The number of nitrogens with one attached hydrogen (secondary N) is 1. The molecule has 7 nitrogen and oxygen atoms in total. The molecule has 1 amide bonds. The van der Waals surface area contributed by atoms with Gasteiger partial charge in [0.1, 0.15) is 17.7 Å². The zero-order valence-corrected chi connectivity index (χ0v) is 21.6. The third-order valence-corrected chi connectivity index (χ3v) is 7.11. The number of rotatable bonds is 4. The molecule has 1 unspecified atom stereocenters. The molecule has 1 atom stereocenters. The van der Waals surface area contributed by atoms with Crippen molar-refractivity contribution in [2.75, 3.05) is 5.32 Å². The molecule has 0 saturated carbocycles. The summed E-state index contributed by atoms with van der Waals surface area (Å²) in [4.78, 5) is 22.5. The summed E-state index contributed by atoms with van der Waals surface area (Å²) in [5.41, 5.74) is 7.86. The summed E-state index contributed by atoms with van der Waals surface area (Å²) in [5.74, 6) is 0.482. The van der Waals surface area contributed by atoms with Crippen LogP contribution in [0.1, 0.15) is 55.5 Å². The smallest absolute Gasteiger partial charge is 0.233 e. The van der Waals surface area contributed by atoms with Gasteiger partial charge in [-0.1, -0.05) is 44.5 Å². The van der Waals surface area contributed by atoms with E-state index in [1.165, 1.54) is 11.1 Å². The van der Waals surface area contributed by atoms with Gasteiger partial charge in [0.25, 0.3) is 0 Å². The predicted octanol–water partition coefficient (Wildman–Crippen LogP) is 5.88. The minimum absolute atomic E-state index is 0.00466. The van der Waals surface area contributed by atoms with Crippen molar-refractivity contribution in [3.63, 3.8) is 0 Å². The SMILES string of the molecule is Cc1ccc(-n2nc(C(C)(C)C)cc2NC(=O)C2CCc3cc(-n4cnc5cccnc54)ccc32)cc1. The Morgan fingerprint density at radius 2 is 1.78 bits per heavy atom. The molecule has 0 spiro atoms. The lowest BCUT2D eigenvalue weighted by molar-refractivity contribution is -0.117. The monoisotopic (exact) mass is 490 g/mol. The van der Waals surface area contributed by atoms with E-state index in [4.69, 9.17) is 5.10 Å². The number of hydrogen-bond donors (Lipinski definition) is 1. The van der Waals surface area contributed by atoms with Gasteiger partial charge >= 0.3 is 0 Å². The van der Waals surface area contributed by atoms with E-state index in [1.54, 1.807) is 12.5 Å². The second-order valence-corrected chi connectivity index (χ2v) is 10.8. The van der Waals surface area contributed by atoms with Gasteiger partial charge in [-0.3, -0.25) is 9.36 Å². The van der Waals surface area contributed by atoms with Gasteiger partial charge in [0.2, 0.25) is 5.91 Å². The quantitative estimate of drug-likeness (QED) is 0.341. The molecule has 37 heavy (non-hydrogen) atoms. The van der Waals surface area contributed by atoms with E-state index in [0.717, 1.165) is 46.6 Å². The van der Waals surface area contributed by atoms with Crippen LogP contribution in [0.2, 0.25) is 0 Å². The van der Waals surface area contributed by atoms with Gasteiger partial charge in [0.05, 0.1) is 17.3 Å². The number of hydrogen-bond acceptors (Lipinski definition) is 4. The van der Waals surface area contributed by atoms with Crippen LogP contribution in [0.15, 0.2) is 73.2 Å². The largest absolute Gasteiger partial charge is 0.310 e. The highest BCUT2D eigenvalue weighted by molar-refractivity contribution is 5.96. The van der Waals surface area contributed by atoms with E-state index < -0.39 is 0 Å². The normalized spacial score (nSPS) is 15.2. The standard InChI is InChI=1S/C30H30N6O/c1-19-7-10-21(11-8-19)36-27(17-26(34-36)30(2,3)4)33-29(37)24-13-9-20-16-22(12-14-23(20)24)35-18-32-25-6-5-15-31-28(25)35/h5-8,10-12,14-18,24H,9,13H2,1-4H3,(H,33,37). The van der Waals surface area contributed by atoms with Crippen LogP contribution in [-0.2, 0) is 16.6 Å². The Morgan fingerprint density at radius 3 is 2.57 bits per heavy atom. The minimum atomic E-state index is -0.207. The summed E-state index contributed by atoms with van der Waals surface area (Å²) in [7, 11) is 0. The number of pyridine rings is 1. The molecule has 0 saturated heterocycles. The van der Waals surface area contributed by atoms with Crippen LogP contribution < -0.4 is 5.32 Å². The number of aromatic nitrogens is 5. The molecular weight excluding hydrogens is 460 g/mol. The fourth-order valence-corrected chi connectivity index (χ4v) is 5.00. The number of fused-ring (bicyclic) bond motifs is 2. The molecule has 1 aliphatic carbocycles. The Labute approximate surface area is 216 Å². The maximum Gasteiger partial charge on any atom is 0.233 e. The average molecular weight is 491 g/mol. The molecule has 1 N–H and O–H groups in total. The van der Waals surface area contributed by atoms with Crippen molar-refractivity contribution in [1.29, 1.82) is 0 Å². The Balaban J connectivity index is 1.29. The van der Waals surface area contributed by atoms with E-state index in [-0.39, 0.29) is 17.2 Å².